The van der Waals surface area contributed by atoms with Crippen LogP contribution in [0.2, 0.25) is 0 Å². The van der Waals surface area contributed by atoms with Crippen LogP contribution in [-0.4, -0.2) is 12.1 Å². The molecule has 0 aliphatic carbocycles. The first-order chi connectivity index (χ1) is 21.2. The van der Waals surface area contributed by atoms with E-state index in [4.69, 9.17) is 4.74 Å². The molecule has 0 aromatic heterocycles. The third kappa shape index (κ3) is 30.6. The quantitative estimate of drug-likeness (QED) is 0.0341. The van der Waals surface area contributed by atoms with Crippen LogP contribution in [0.15, 0.2) is 107 Å². The smallest absolute Gasteiger partial charge is 0.331 e. The van der Waals surface area contributed by atoms with Gasteiger partial charge in [0.15, 0.2) is 0 Å². The summed E-state index contributed by atoms with van der Waals surface area (Å²) in [6.45, 7) is 15.1. The second kappa shape index (κ2) is 30.2. The Morgan fingerprint density at radius 3 is 1.64 bits per heavy atom. The summed E-state index contributed by atoms with van der Waals surface area (Å²) in [5.41, 5.74) is 5.25. The van der Waals surface area contributed by atoms with Crippen molar-refractivity contribution in [3.8, 4) is 0 Å². The van der Waals surface area contributed by atoms with Crippen LogP contribution in [0.1, 0.15) is 145 Å². The van der Waals surface area contributed by atoms with Gasteiger partial charge in [-0.15, -0.1) is 0 Å². The standard InChI is InChI=1S/C42H66O2/c1-8-9-10-11-12-13-14-15-16-17-18-19-20-21-22-23-24-25-26-33-42(43)44-41(36-40(7)32-28-30-38(4)5)35-34-39(6)31-27-29-37(2)3/h18-26,29-30,33-34,36,41H,8-17,27-28,31-32,35H2,1-7H3. The van der Waals surface area contributed by atoms with Crippen molar-refractivity contribution in [2.45, 2.75) is 151 Å². The summed E-state index contributed by atoms with van der Waals surface area (Å²) in [6.07, 6.45) is 46.3. The molecule has 0 bridgehead atoms. The number of rotatable bonds is 25. The number of hydrogen-bond donors (Lipinski definition) is 0. The van der Waals surface area contributed by atoms with Crippen molar-refractivity contribution in [3.63, 3.8) is 0 Å². The van der Waals surface area contributed by atoms with Crippen molar-refractivity contribution in [1.29, 1.82) is 0 Å². The highest BCUT2D eigenvalue weighted by atomic mass is 16.5. The van der Waals surface area contributed by atoms with Gasteiger partial charge >= 0.3 is 5.97 Å². The number of unbranched alkanes of at least 4 members (excludes halogenated alkanes) is 9. The zero-order valence-electron chi connectivity index (χ0n) is 29.6. The highest BCUT2D eigenvalue weighted by Gasteiger charge is 2.10. The Morgan fingerprint density at radius 1 is 0.568 bits per heavy atom. The molecule has 0 N–H and O–H groups in total. The van der Waals surface area contributed by atoms with Gasteiger partial charge in [0, 0.05) is 12.5 Å². The number of ether oxygens (including phenoxy) is 1. The Balaban J connectivity index is 4.59. The van der Waals surface area contributed by atoms with Crippen LogP contribution in [-0.2, 0) is 9.53 Å². The fourth-order valence-corrected chi connectivity index (χ4v) is 4.60. The zero-order valence-corrected chi connectivity index (χ0v) is 29.6. The van der Waals surface area contributed by atoms with Gasteiger partial charge in [-0.3, -0.25) is 0 Å². The molecule has 0 saturated heterocycles. The molecule has 0 aliphatic heterocycles. The molecular weight excluding hydrogens is 536 g/mol. The lowest BCUT2D eigenvalue weighted by Crippen LogP contribution is -2.14. The number of carbonyl (C=O) groups is 1. The maximum atomic E-state index is 12.6. The minimum atomic E-state index is -0.315. The second-order valence-electron chi connectivity index (χ2n) is 12.5. The van der Waals surface area contributed by atoms with E-state index in [0.29, 0.717) is 6.42 Å². The van der Waals surface area contributed by atoms with Crippen LogP contribution in [0.5, 0.6) is 0 Å². The molecule has 2 nitrogen and oxygen atoms in total. The van der Waals surface area contributed by atoms with E-state index in [1.807, 2.05) is 30.4 Å². The monoisotopic (exact) mass is 603 g/mol. The Morgan fingerprint density at radius 2 is 1.07 bits per heavy atom. The molecule has 1 unspecified atom stereocenters. The average molecular weight is 603 g/mol. The molecule has 0 heterocycles. The molecule has 2 heteroatoms. The van der Waals surface area contributed by atoms with Crippen molar-refractivity contribution in [3.05, 3.63) is 107 Å². The molecule has 0 aromatic rings. The summed E-state index contributed by atoms with van der Waals surface area (Å²) in [6, 6.07) is 0. The SMILES string of the molecule is CCCCCCCCCCCC=CC=CC=CC=CC=CC(=O)OC(C=C(C)CCC=C(C)C)CC=C(C)CCC=C(C)C. The van der Waals surface area contributed by atoms with E-state index in [2.05, 4.69) is 91.0 Å². The number of carbonyl (C=O) groups excluding carboxylic acids is 1. The number of hydrogen-bond acceptors (Lipinski definition) is 2. The van der Waals surface area contributed by atoms with Crippen LogP contribution in [0.25, 0.3) is 0 Å². The highest BCUT2D eigenvalue weighted by molar-refractivity contribution is 5.82. The molecule has 0 spiro atoms. The average Bonchev–Trinajstić information content (AvgIpc) is 2.96. The van der Waals surface area contributed by atoms with Gasteiger partial charge in [0.1, 0.15) is 6.10 Å². The topological polar surface area (TPSA) is 26.3 Å². The van der Waals surface area contributed by atoms with E-state index < -0.39 is 0 Å². The summed E-state index contributed by atoms with van der Waals surface area (Å²) in [7, 11) is 0. The Hall–Kier alpha value is -2.87. The predicted molar refractivity (Wildman–Crippen MR) is 197 cm³/mol. The normalized spacial score (nSPS) is 13.6. The Kier molecular flexibility index (Phi) is 28.2. The maximum Gasteiger partial charge on any atom is 0.331 e. The minimum Gasteiger partial charge on any atom is -0.455 e. The van der Waals surface area contributed by atoms with E-state index in [0.717, 1.165) is 32.1 Å². The Labute approximate surface area is 273 Å². The fourth-order valence-electron chi connectivity index (χ4n) is 4.60. The molecule has 0 aliphatic rings. The van der Waals surface area contributed by atoms with Gasteiger partial charge in [-0.1, -0.05) is 153 Å². The molecule has 246 valence electrons. The molecule has 0 aromatic carbocycles. The van der Waals surface area contributed by atoms with Crippen LogP contribution in [0.4, 0.5) is 0 Å². The predicted octanol–water partition coefficient (Wildman–Crippen LogP) is 13.4. The van der Waals surface area contributed by atoms with E-state index in [1.165, 1.54) is 86.2 Å². The third-order valence-corrected chi connectivity index (χ3v) is 7.24. The summed E-state index contributed by atoms with van der Waals surface area (Å²) in [5.74, 6) is -0.315. The molecule has 0 amide bonds. The summed E-state index contributed by atoms with van der Waals surface area (Å²) in [4.78, 5) is 12.6. The lowest BCUT2D eigenvalue weighted by molar-refractivity contribution is -0.140. The first kappa shape index (κ1) is 41.1. The first-order valence-electron chi connectivity index (χ1n) is 17.4. The molecular formula is C42H66O2. The van der Waals surface area contributed by atoms with Gasteiger partial charge in [-0.05, 0) is 86.1 Å². The minimum absolute atomic E-state index is 0.264. The summed E-state index contributed by atoms with van der Waals surface area (Å²) in [5, 5.41) is 0. The molecule has 0 rings (SSSR count). The number of allylic oxidation sites excluding steroid dienone is 15. The molecule has 44 heavy (non-hydrogen) atoms. The molecule has 1 atom stereocenters. The van der Waals surface area contributed by atoms with Gasteiger partial charge in [0.05, 0.1) is 0 Å². The largest absolute Gasteiger partial charge is 0.455 e. The fraction of sp³-hybridized carbons (Fsp3) is 0.548. The first-order valence-corrected chi connectivity index (χ1v) is 17.4. The third-order valence-electron chi connectivity index (χ3n) is 7.24. The van der Waals surface area contributed by atoms with Crippen molar-refractivity contribution >= 4 is 5.97 Å². The van der Waals surface area contributed by atoms with Crippen LogP contribution in [0, 0.1) is 0 Å². The maximum absolute atomic E-state index is 12.6. The van der Waals surface area contributed by atoms with Gasteiger partial charge in [-0.25, -0.2) is 4.79 Å². The van der Waals surface area contributed by atoms with Crippen LogP contribution in [0.3, 0.4) is 0 Å². The van der Waals surface area contributed by atoms with Crippen molar-refractivity contribution in [2.75, 3.05) is 0 Å². The highest BCUT2D eigenvalue weighted by Crippen LogP contribution is 2.15. The van der Waals surface area contributed by atoms with Crippen LogP contribution >= 0.6 is 0 Å². The van der Waals surface area contributed by atoms with Crippen molar-refractivity contribution < 1.29 is 9.53 Å². The second-order valence-corrected chi connectivity index (χ2v) is 12.5. The van der Waals surface area contributed by atoms with Gasteiger partial charge < -0.3 is 4.74 Å². The molecule has 0 saturated carbocycles. The number of esters is 1. The summed E-state index contributed by atoms with van der Waals surface area (Å²) >= 11 is 0. The van der Waals surface area contributed by atoms with Gasteiger partial charge in [-0.2, -0.15) is 0 Å². The van der Waals surface area contributed by atoms with E-state index >= 15 is 0 Å². The van der Waals surface area contributed by atoms with Gasteiger partial charge in [0.25, 0.3) is 0 Å². The van der Waals surface area contributed by atoms with E-state index in [1.54, 1.807) is 6.08 Å². The van der Waals surface area contributed by atoms with Crippen molar-refractivity contribution in [1.82, 2.24) is 0 Å². The van der Waals surface area contributed by atoms with E-state index in [-0.39, 0.29) is 12.1 Å². The van der Waals surface area contributed by atoms with E-state index in [9.17, 15) is 4.79 Å². The Bertz CT molecular complexity index is 998. The lowest BCUT2D eigenvalue weighted by Gasteiger charge is -2.14. The lowest BCUT2D eigenvalue weighted by atomic mass is 10.0. The van der Waals surface area contributed by atoms with Crippen LogP contribution < -0.4 is 0 Å². The zero-order chi connectivity index (χ0) is 32.7. The molecule has 0 fully saturated rings. The van der Waals surface area contributed by atoms with Gasteiger partial charge in [0.2, 0.25) is 0 Å². The summed E-state index contributed by atoms with van der Waals surface area (Å²) < 4.78 is 5.83. The van der Waals surface area contributed by atoms with Crippen molar-refractivity contribution in [2.24, 2.45) is 0 Å². The molecule has 0 radical (unpaired) electrons.